The van der Waals surface area contributed by atoms with E-state index in [1.165, 1.54) is 0 Å². The highest BCUT2D eigenvalue weighted by Gasteiger charge is 2.14. The number of ether oxygens (including phenoxy) is 2. The van der Waals surface area contributed by atoms with E-state index in [2.05, 4.69) is 17.2 Å². The van der Waals surface area contributed by atoms with Crippen LogP contribution in [0, 0.1) is 5.92 Å². The molecule has 2 rings (SSSR count). The van der Waals surface area contributed by atoms with E-state index in [1.807, 2.05) is 12.3 Å². The van der Waals surface area contributed by atoms with Gasteiger partial charge < -0.3 is 14.8 Å². The molecule has 0 amide bonds. The van der Waals surface area contributed by atoms with Gasteiger partial charge in [-0.3, -0.25) is 4.98 Å². The summed E-state index contributed by atoms with van der Waals surface area (Å²) in [6.45, 7) is 5.45. The molecule has 0 spiro atoms. The number of aromatic nitrogens is 1. The molecule has 0 radical (unpaired) electrons. The molecule has 4 heteroatoms. The third-order valence-corrected chi connectivity index (χ3v) is 2.92. The fourth-order valence-electron chi connectivity index (χ4n) is 1.93. The second kappa shape index (κ2) is 6.45. The van der Waals surface area contributed by atoms with Gasteiger partial charge in [0.25, 0.3) is 0 Å². The van der Waals surface area contributed by atoms with Crippen molar-refractivity contribution < 1.29 is 9.47 Å². The van der Waals surface area contributed by atoms with Gasteiger partial charge >= 0.3 is 0 Å². The van der Waals surface area contributed by atoms with Crippen LogP contribution in [0.4, 0.5) is 5.69 Å². The molecule has 4 nitrogen and oxygen atoms in total. The van der Waals surface area contributed by atoms with Gasteiger partial charge in [-0.05, 0) is 25.7 Å². The Hall–Kier alpha value is -1.29. The molecule has 2 heterocycles. The Labute approximate surface area is 102 Å². The van der Waals surface area contributed by atoms with Gasteiger partial charge in [0.1, 0.15) is 5.75 Å². The minimum Gasteiger partial charge on any atom is -0.492 e. The summed E-state index contributed by atoms with van der Waals surface area (Å²) in [5, 5.41) is 3.22. The van der Waals surface area contributed by atoms with E-state index >= 15 is 0 Å². The smallest absolute Gasteiger partial charge is 0.139 e. The van der Waals surface area contributed by atoms with Crippen molar-refractivity contribution >= 4 is 5.69 Å². The van der Waals surface area contributed by atoms with E-state index < -0.39 is 0 Å². The van der Waals surface area contributed by atoms with Crippen LogP contribution < -0.4 is 10.1 Å². The Bertz CT molecular complexity index is 338. The lowest BCUT2D eigenvalue weighted by atomic mass is 10.0. The molecule has 1 N–H and O–H groups in total. The molecule has 1 fully saturated rings. The molecule has 0 aromatic carbocycles. The minimum atomic E-state index is 0.617. The molecule has 17 heavy (non-hydrogen) atoms. The fourth-order valence-corrected chi connectivity index (χ4v) is 1.93. The summed E-state index contributed by atoms with van der Waals surface area (Å²) in [6, 6.07) is 2.00. The van der Waals surface area contributed by atoms with E-state index in [1.54, 1.807) is 6.20 Å². The van der Waals surface area contributed by atoms with Gasteiger partial charge in [0.15, 0.2) is 0 Å². The molecule has 1 aromatic rings. The molecule has 0 unspecified atom stereocenters. The van der Waals surface area contributed by atoms with Crippen LogP contribution in [0.15, 0.2) is 18.5 Å². The summed E-state index contributed by atoms with van der Waals surface area (Å²) in [6.07, 6.45) is 5.77. The molecule has 0 atom stereocenters. The number of anilines is 1. The molecular weight excluding hydrogens is 216 g/mol. The van der Waals surface area contributed by atoms with Crippen LogP contribution in [0.3, 0.4) is 0 Å². The average Bonchev–Trinajstić information content (AvgIpc) is 2.39. The first kappa shape index (κ1) is 12.2. The summed E-state index contributed by atoms with van der Waals surface area (Å²) in [4.78, 5) is 4.15. The van der Waals surface area contributed by atoms with Crippen molar-refractivity contribution in [2.75, 3.05) is 31.7 Å². The van der Waals surface area contributed by atoms with Crippen LogP contribution in [0.1, 0.15) is 19.8 Å². The predicted octanol–water partition coefficient (Wildman–Crippen LogP) is 2.32. The van der Waals surface area contributed by atoms with E-state index in [0.29, 0.717) is 5.92 Å². The van der Waals surface area contributed by atoms with Gasteiger partial charge in [-0.2, -0.15) is 0 Å². The second-order valence-electron chi connectivity index (χ2n) is 4.31. The highest BCUT2D eigenvalue weighted by molar-refractivity contribution is 5.44. The Morgan fingerprint density at radius 3 is 3.00 bits per heavy atom. The van der Waals surface area contributed by atoms with E-state index in [9.17, 15) is 0 Å². The third-order valence-electron chi connectivity index (χ3n) is 2.92. The van der Waals surface area contributed by atoms with Crippen molar-refractivity contribution in [1.82, 2.24) is 4.98 Å². The predicted molar refractivity (Wildman–Crippen MR) is 67.4 cm³/mol. The van der Waals surface area contributed by atoms with Crippen LogP contribution >= 0.6 is 0 Å². The Morgan fingerprint density at radius 2 is 2.24 bits per heavy atom. The van der Waals surface area contributed by atoms with E-state index in [-0.39, 0.29) is 0 Å². The lowest BCUT2D eigenvalue weighted by Gasteiger charge is -2.22. The van der Waals surface area contributed by atoms with E-state index in [0.717, 1.165) is 50.6 Å². The van der Waals surface area contributed by atoms with E-state index in [4.69, 9.17) is 9.47 Å². The maximum atomic E-state index is 5.77. The molecule has 94 valence electrons. The summed E-state index contributed by atoms with van der Waals surface area (Å²) < 4.78 is 11.1. The molecule has 1 saturated heterocycles. The Morgan fingerprint density at radius 1 is 1.41 bits per heavy atom. The SMILES string of the molecule is CCNc1cncc(OCC2CCOCC2)c1. The zero-order chi connectivity index (χ0) is 11.9. The lowest BCUT2D eigenvalue weighted by Crippen LogP contribution is -2.21. The lowest BCUT2D eigenvalue weighted by molar-refractivity contribution is 0.0497. The fraction of sp³-hybridized carbons (Fsp3) is 0.615. The first-order valence-corrected chi connectivity index (χ1v) is 6.28. The molecule has 1 aromatic heterocycles. The van der Waals surface area contributed by atoms with Crippen LogP contribution in [0.2, 0.25) is 0 Å². The number of hydrogen-bond acceptors (Lipinski definition) is 4. The Balaban J connectivity index is 1.83. The van der Waals surface area contributed by atoms with Crippen molar-refractivity contribution in [3.8, 4) is 5.75 Å². The van der Waals surface area contributed by atoms with Crippen LogP contribution in [-0.4, -0.2) is 31.3 Å². The highest BCUT2D eigenvalue weighted by Crippen LogP contribution is 2.19. The standard InChI is InChI=1S/C13H20N2O2/c1-2-15-12-7-13(9-14-8-12)17-10-11-3-5-16-6-4-11/h7-9,11,15H,2-6,10H2,1H3. The molecule has 1 aliphatic rings. The molecule has 0 saturated carbocycles. The van der Waals surface area contributed by atoms with Crippen molar-refractivity contribution in [2.24, 2.45) is 5.92 Å². The summed E-state index contributed by atoms with van der Waals surface area (Å²) in [5.74, 6) is 1.46. The highest BCUT2D eigenvalue weighted by atomic mass is 16.5. The van der Waals surface area contributed by atoms with Crippen LogP contribution in [0.25, 0.3) is 0 Å². The number of nitrogens with zero attached hydrogens (tertiary/aromatic N) is 1. The molecule has 1 aliphatic heterocycles. The molecule has 0 bridgehead atoms. The zero-order valence-electron chi connectivity index (χ0n) is 10.3. The van der Waals surface area contributed by atoms with Crippen LogP contribution in [-0.2, 0) is 4.74 Å². The maximum absolute atomic E-state index is 5.77. The van der Waals surface area contributed by atoms with Crippen molar-refractivity contribution in [1.29, 1.82) is 0 Å². The summed E-state index contributed by atoms with van der Waals surface area (Å²) in [7, 11) is 0. The molecular formula is C13H20N2O2. The van der Waals surface area contributed by atoms with Gasteiger partial charge in [0, 0.05) is 25.8 Å². The molecule has 0 aliphatic carbocycles. The van der Waals surface area contributed by atoms with Crippen molar-refractivity contribution in [3.05, 3.63) is 18.5 Å². The average molecular weight is 236 g/mol. The van der Waals surface area contributed by atoms with Gasteiger partial charge in [0.2, 0.25) is 0 Å². The third kappa shape index (κ3) is 3.89. The van der Waals surface area contributed by atoms with Crippen molar-refractivity contribution in [3.63, 3.8) is 0 Å². The summed E-state index contributed by atoms with van der Waals surface area (Å²) in [5.41, 5.74) is 1.01. The van der Waals surface area contributed by atoms with Gasteiger partial charge in [-0.25, -0.2) is 0 Å². The number of nitrogens with one attached hydrogen (secondary N) is 1. The first-order chi connectivity index (χ1) is 8.38. The summed E-state index contributed by atoms with van der Waals surface area (Å²) >= 11 is 0. The first-order valence-electron chi connectivity index (χ1n) is 6.28. The minimum absolute atomic E-state index is 0.617. The van der Waals surface area contributed by atoms with Crippen LogP contribution in [0.5, 0.6) is 5.75 Å². The van der Waals surface area contributed by atoms with Gasteiger partial charge in [-0.1, -0.05) is 0 Å². The number of hydrogen-bond donors (Lipinski definition) is 1. The number of rotatable bonds is 5. The topological polar surface area (TPSA) is 43.4 Å². The zero-order valence-corrected chi connectivity index (χ0v) is 10.3. The monoisotopic (exact) mass is 236 g/mol. The van der Waals surface area contributed by atoms with Crippen molar-refractivity contribution in [2.45, 2.75) is 19.8 Å². The normalized spacial score (nSPS) is 16.8. The number of pyridine rings is 1. The van der Waals surface area contributed by atoms with Gasteiger partial charge in [0.05, 0.1) is 24.7 Å². The Kier molecular flexibility index (Phi) is 4.62. The second-order valence-corrected chi connectivity index (χ2v) is 4.31. The van der Waals surface area contributed by atoms with Gasteiger partial charge in [-0.15, -0.1) is 0 Å². The largest absolute Gasteiger partial charge is 0.492 e. The quantitative estimate of drug-likeness (QED) is 0.852. The maximum Gasteiger partial charge on any atom is 0.139 e.